The summed E-state index contributed by atoms with van der Waals surface area (Å²) in [6.07, 6.45) is 3.30. The number of rotatable bonds is 7. The van der Waals surface area contributed by atoms with Crippen molar-refractivity contribution in [2.75, 3.05) is 19.1 Å². The highest BCUT2D eigenvalue weighted by atomic mass is 16.5. The zero-order valence-corrected chi connectivity index (χ0v) is 16.7. The van der Waals surface area contributed by atoms with Crippen LogP contribution in [0.2, 0.25) is 0 Å². The number of ether oxygens (including phenoxy) is 2. The van der Waals surface area contributed by atoms with Crippen molar-refractivity contribution in [3.8, 4) is 22.8 Å². The van der Waals surface area contributed by atoms with Gasteiger partial charge in [0.15, 0.2) is 0 Å². The summed E-state index contributed by atoms with van der Waals surface area (Å²) in [5, 5.41) is 14.5. The van der Waals surface area contributed by atoms with Crippen molar-refractivity contribution in [2.24, 2.45) is 5.10 Å². The summed E-state index contributed by atoms with van der Waals surface area (Å²) in [6.45, 7) is 2.53. The van der Waals surface area contributed by atoms with Gasteiger partial charge in [-0.15, -0.1) is 5.10 Å². The van der Waals surface area contributed by atoms with Gasteiger partial charge in [0, 0.05) is 11.1 Å². The van der Waals surface area contributed by atoms with Crippen LogP contribution in [0.4, 0.5) is 5.95 Å². The van der Waals surface area contributed by atoms with Gasteiger partial charge in [0.1, 0.15) is 11.5 Å². The van der Waals surface area contributed by atoms with Crippen LogP contribution in [0.1, 0.15) is 12.5 Å². The van der Waals surface area contributed by atoms with E-state index in [-0.39, 0.29) is 5.95 Å². The molecule has 0 amide bonds. The zero-order valence-electron chi connectivity index (χ0n) is 16.7. The van der Waals surface area contributed by atoms with Gasteiger partial charge in [0.05, 0.1) is 31.8 Å². The van der Waals surface area contributed by atoms with Crippen LogP contribution in [0, 0.1) is 0 Å². The summed E-state index contributed by atoms with van der Waals surface area (Å²) < 4.78 is 11.2. The molecule has 0 fully saturated rings. The quantitative estimate of drug-likeness (QED) is 0.363. The second kappa shape index (κ2) is 9.00. The topological polar surface area (TPSA) is 81.5 Å². The van der Waals surface area contributed by atoms with Crippen LogP contribution in [0.15, 0.2) is 72.0 Å². The largest absolute Gasteiger partial charge is 0.496 e. The molecule has 4 aromatic rings. The molecule has 30 heavy (non-hydrogen) atoms. The lowest BCUT2D eigenvalue weighted by molar-refractivity contribution is 0.340. The molecule has 0 aliphatic carbocycles. The Labute approximate surface area is 174 Å². The SMILES string of the molecule is CCOc1ccc2ccccc2c1/C=N\Nc1nncc(-c2ccccc2OC)n1. The molecule has 0 radical (unpaired) electrons. The van der Waals surface area contributed by atoms with Gasteiger partial charge >= 0.3 is 0 Å². The van der Waals surface area contributed by atoms with Crippen LogP contribution >= 0.6 is 0 Å². The molecule has 0 aliphatic heterocycles. The van der Waals surface area contributed by atoms with E-state index in [0.29, 0.717) is 18.1 Å². The predicted octanol–water partition coefficient (Wildman–Crippen LogP) is 4.55. The fourth-order valence-electron chi connectivity index (χ4n) is 3.18. The maximum absolute atomic E-state index is 5.77. The van der Waals surface area contributed by atoms with Crippen molar-refractivity contribution < 1.29 is 9.47 Å². The molecule has 0 bridgehead atoms. The van der Waals surface area contributed by atoms with Gasteiger partial charge < -0.3 is 9.47 Å². The standard InChI is InChI=1S/C23H21N5O2/c1-3-30-22-13-12-16-8-4-5-9-17(16)19(22)14-24-27-23-26-20(15-25-28-23)18-10-6-7-11-21(18)29-2/h4-15H,3H2,1-2H3,(H,26,27,28)/b24-14-. The van der Waals surface area contributed by atoms with Crippen molar-refractivity contribution in [1.82, 2.24) is 15.2 Å². The van der Waals surface area contributed by atoms with Crippen LogP contribution in [0.25, 0.3) is 22.0 Å². The Hall–Kier alpha value is -4.00. The maximum Gasteiger partial charge on any atom is 0.263 e. The molecule has 0 atom stereocenters. The van der Waals surface area contributed by atoms with E-state index in [1.807, 2.05) is 61.5 Å². The summed E-state index contributed by atoms with van der Waals surface area (Å²) >= 11 is 0. The zero-order chi connectivity index (χ0) is 20.8. The number of anilines is 1. The molecule has 3 aromatic carbocycles. The molecule has 0 spiro atoms. The summed E-state index contributed by atoms with van der Waals surface area (Å²) in [7, 11) is 1.62. The molecular formula is C23H21N5O2. The highest BCUT2D eigenvalue weighted by Gasteiger charge is 2.09. The number of hydrogen-bond donors (Lipinski definition) is 1. The highest BCUT2D eigenvalue weighted by molar-refractivity contribution is 6.02. The van der Waals surface area contributed by atoms with Crippen LogP contribution in [0.5, 0.6) is 11.5 Å². The Kier molecular flexibility index (Phi) is 5.80. The first-order chi connectivity index (χ1) is 14.8. The number of benzene rings is 3. The van der Waals surface area contributed by atoms with E-state index >= 15 is 0 Å². The van der Waals surface area contributed by atoms with E-state index in [2.05, 4.69) is 31.8 Å². The molecule has 1 N–H and O–H groups in total. The molecule has 7 nitrogen and oxygen atoms in total. The van der Waals surface area contributed by atoms with Crippen LogP contribution in [-0.2, 0) is 0 Å². The Balaban J connectivity index is 1.62. The van der Waals surface area contributed by atoms with Crippen molar-refractivity contribution in [2.45, 2.75) is 6.92 Å². The van der Waals surface area contributed by atoms with E-state index in [1.165, 1.54) is 0 Å². The number of aromatic nitrogens is 3. The number of methoxy groups -OCH3 is 1. The monoisotopic (exact) mass is 399 g/mol. The normalized spacial score (nSPS) is 11.0. The molecule has 0 saturated heterocycles. The van der Waals surface area contributed by atoms with Crippen LogP contribution in [0.3, 0.4) is 0 Å². The molecule has 7 heteroatoms. The Bertz CT molecular complexity index is 1190. The summed E-state index contributed by atoms with van der Waals surface area (Å²) in [5.74, 6) is 1.76. The molecule has 0 unspecified atom stereocenters. The minimum absolute atomic E-state index is 0.285. The van der Waals surface area contributed by atoms with Gasteiger partial charge in [-0.3, -0.25) is 0 Å². The minimum Gasteiger partial charge on any atom is -0.496 e. The number of nitrogens with zero attached hydrogens (tertiary/aromatic N) is 4. The molecule has 0 saturated carbocycles. The first-order valence-corrected chi connectivity index (χ1v) is 9.57. The van der Waals surface area contributed by atoms with E-state index in [4.69, 9.17) is 9.47 Å². The van der Waals surface area contributed by atoms with Crippen LogP contribution < -0.4 is 14.9 Å². The summed E-state index contributed by atoms with van der Waals surface area (Å²) in [6, 6.07) is 19.7. The van der Waals surface area contributed by atoms with E-state index in [1.54, 1.807) is 19.5 Å². The first-order valence-electron chi connectivity index (χ1n) is 9.57. The summed E-state index contributed by atoms with van der Waals surface area (Å²) in [4.78, 5) is 4.49. The average Bonchev–Trinajstić information content (AvgIpc) is 2.80. The minimum atomic E-state index is 0.285. The third-order valence-corrected chi connectivity index (χ3v) is 4.53. The highest BCUT2D eigenvalue weighted by Crippen LogP contribution is 2.28. The molecule has 150 valence electrons. The fraction of sp³-hybridized carbons (Fsp3) is 0.130. The second-order valence-electron chi connectivity index (χ2n) is 6.37. The van der Waals surface area contributed by atoms with E-state index in [9.17, 15) is 0 Å². The Morgan fingerprint density at radius 2 is 1.83 bits per heavy atom. The van der Waals surface area contributed by atoms with Crippen molar-refractivity contribution >= 4 is 22.9 Å². The number of hydrogen-bond acceptors (Lipinski definition) is 7. The Morgan fingerprint density at radius 3 is 2.70 bits per heavy atom. The summed E-state index contributed by atoms with van der Waals surface area (Å²) in [5.41, 5.74) is 5.22. The smallest absolute Gasteiger partial charge is 0.263 e. The van der Waals surface area contributed by atoms with Gasteiger partial charge in [-0.25, -0.2) is 10.4 Å². The second-order valence-corrected chi connectivity index (χ2v) is 6.37. The van der Waals surface area contributed by atoms with E-state index < -0.39 is 0 Å². The van der Waals surface area contributed by atoms with Crippen LogP contribution in [-0.4, -0.2) is 35.1 Å². The predicted molar refractivity (Wildman–Crippen MR) is 118 cm³/mol. The number of hydrazone groups is 1. The van der Waals surface area contributed by atoms with Crippen molar-refractivity contribution in [3.63, 3.8) is 0 Å². The van der Waals surface area contributed by atoms with Crippen molar-refractivity contribution in [3.05, 3.63) is 72.4 Å². The maximum atomic E-state index is 5.77. The van der Waals surface area contributed by atoms with Gasteiger partial charge in [-0.05, 0) is 35.9 Å². The van der Waals surface area contributed by atoms with Gasteiger partial charge in [0.25, 0.3) is 5.95 Å². The Morgan fingerprint density at radius 1 is 1.00 bits per heavy atom. The number of nitrogens with one attached hydrogen (secondary N) is 1. The number of fused-ring (bicyclic) bond motifs is 1. The molecule has 1 aromatic heterocycles. The third kappa shape index (κ3) is 4.05. The average molecular weight is 399 g/mol. The van der Waals surface area contributed by atoms with Gasteiger partial charge in [0.2, 0.25) is 0 Å². The molecular weight excluding hydrogens is 378 g/mol. The van der Waals surface area contributed by atoms with Crippen molar-refractivity contribution in [1.29, 1.82) is 0 Å². The lowest BCUT2D eigenvalue weighted by atomic mass is 10.0. The number of para-hydroxylation sites is 1. The van der Waals surface area contributed by atoms with Gasteiger partial charge in [-0.1, -0.05) is 42.5 Å². The lowest BCUT2D eigenvalue weighted by Gasteiger charge is -2.10. The van der Waals surface area contributed by atoms with Gasteiger partial charge in [-0.2, -0.15) is 10.2 Å². The van der Waals surface area contributed by atoms with E-state index in [0.717, 1.165) is 27.6 Å². The lowest BCUT2D eigenvalue weighted by Crippen LogP contribution is -2.02. The first kappa shape index (κ1) is 19.3. The molecule has 4 rings (SSSR count). The third-order valence-electron chi connectivity index (χ3n) is 4.53. The fourth-order valence-corrected chi connectivity index (χ4v) is 3.18. The molecule has 0 aliphatic rings. The molecule has 1 heterocycles.